The number of aromatic nitrogens is 6. The van der Waals surface area contributed by atoms with E-state index in [1.54, 1.807) is 12.1 Å². The highest BCUT2D eigenvalue weighted by atomic mass is 19.3. The summed E-state index contributed by atoms with van der Waals surface area (Å²) in [5.74, 6) is -4.90. The predicted octanol–water partition coefficient (Wildman–Crippen LogP) is 4.92. The number of aryl methyl sites for hydroxylation is 1. The van der Waals surface area contributed by atoms with Gasteiger partial charge in [0.25, 0.3) is 0 Å². The summed E-state index contributed by atoms with van der Waals surface area (Å²) >= 11 is 0. The summed E-state index contributed by atoms with van der Waals surface area (Å²) in [6.45, 7) is 5.30. The van der Waals surface area contributed by atoms with Crippen LogP contribution in [0, 0.1) is 32.5 Å². The summed E-state index contributed by atoms with van der Waals surface area (Å²) in [5.41, 5.74) is 1.49. The van der Waals surface area contributed by atoms with Gasteiger partial charge in [-0.15, -0.1) is 0 Å². The molecule has 192 valence electrons. The first-order valence-corrected chi connectivity index (χ1v) is 11.7. The second kappa shape index (κ2) is 9.02. The zero-order valence-electron chi connectivity index (χ0n) is 20.3. The van der Waals surface area contributed by atoms with Gasteiger partial charge in [0.1, 0.15) is 23.8 Å². The smallest absolute Gasteiger partial charge is 0.379 e. The first-order valence-electron chi connectivity index (χ1n) is 11.7. The van der Waals surface area contributed by atoms with Gasteiger partial charge in [0.05, 0.1) is 22.6 Å². The summed E-state index contributed by atoms with van der Waals surface area (Å²) in [7, 11) is 0. The standard InChI is InChI=1S/C25H24F3N7O2/c1-13-22(17-6-8-18(26)9-7-17)33-34(11-16-4-5-16)23(13)31-19-10-20(30-12-29-19)35-15(3)21(14(2)32-35)25(27,28)24(36)37/h6-10,12,16H,4-5,11H2,1-3H3,(H,36,37)(H,29,30,31). The fourth-order valence-electron chi connectivity index (χ4n) is 4.35. The van der Waals surface area contributed by atoms with Crippen LogP contribution in [-0.4, -0.2) is 40.6 Å². The minimum Gasteiger partial charge on any atom is -0.477 e. The first-order chi connectivity index (χ1) is 17.6. The molecule has 1 fully saturated rings. The van der Waals surface area contributed by atoms with Gasteiger partial charge in [-0.3, -0.25) is 0 Å². The second-order valence-electron chi connectivity index (χ2n) is 9.18. The fourth-order valence-corrected chi connectivity index (χ4v) is 4.35. The highest BCUT2D eigenvalue weighted by Gasteiger charge is 2.45. The van der Waals surface area contributed by atoms with E-state index in [-0.39, 0.29) is 23.0 Å². The lowest BCUT2D eigenvalue weighted by atomic mass is 10.1. The lowest BCUT2D eigenvalue weighted by Gasteiger charge is -2.13. The highest BCUT2D eigenvalue weighted by molar-refractivity contribution is 5.78. The molecule has 5 rings (SSSR count). The summed E-state index contributed by atoms with van der Waals surface area (Å²) in [5, 5.41) is 21.2. The van der Waals surface area contributed by atoms with Crippen LogP contribution in [-0.2, 0) is 17.3 Å². The summed E-state index contributed by atoms with van der Waals surface area (Å²) in [6.07, 6.45) is 3.49. The molecule has 0 atom stereocenters. The lowest BCUT2D eigenvalue weighted by Crippen LogP contribution is -2.26. The van der Waals surface area contributed by atoms with Gasteiger partial charge in [-0.2, -0.15) is 19.0 Å². The molecule has 3 aromatic heterocycles. The van der Waals surface area contributed by atoms with Crippen molar-refractivity contribution in [2.45, 2.75) is 46.1 Å². The molecule has 37 heavy (non-hydrogen) atoms. The van der Waals surface area contributed by atoms with Gasteiger partial charge >= 0.3 is 11.9 Å². The van der Waals surface area contributed by atoms with E-state index < -0.39 is 17.5 Å². The maximum Gasteiger partial charge on any atom is 0.379 e. The van der Waals surface area contributed by atoms with Gasteiger partial charge in [0.15, 0.2) is 5.82 Å². The minimum atomic E-state index is -4.09. The molecular formula is C25H24F3N7O2. The zero-order valence-corrected chi connectivity index (χ0v) is 20.3. The molecule has 12 heteroatoms. The van der Waals surface area contributed by atoms with E-state index in [4.69, 9.17) is 10.2 Å². The Bertz CT molecular complexity index is 1490. The third-order valence-electron chi connectivity index (χ3n) is 6.42. The van der Waals surface area contributed by atoms with E-state index in [1.807, 2.05) is 11.6 Å². The van der Waals surface area contributed by atoms with Crippen molar-refractivity contribution in [2.75, 3.05) is 5.32 Å². The maximum absolute atomic E-state index is 14.3. The van der Waals surface area contributed by atoms with Crippen LogP contribution in [0.2, 0.25) is 0 Å². The molecule has 0 unspecified atom stereocenters. The molecule has 0 amide bonds. The first kappa shape index (κ1) is 24.5. The average Bonchev–Trinajstić information content (AvgIpc) is 3.55. The number of carbonyl (C=O) groups is 1. The van der Waals surface area contributed by atoms with Crippen LogP contribution in [0.25, 0.3) is 17.1 Å². The minimum absolute atomic E-state index is 0.0388. The SMILES string of the molecule is Cc1nn(-c2cc(Nc3c(C)c(-c4ccc(F)cc4)nn3CC3CC3)ncn2)c(C)c1C(F)(F)C(=O)O. The Morgan fingerprint density at radius 1 is 1.14 bits per heavy atom. The number of anilines is 2. The molecule has 1 aromatic carbocycles. The third kappa shape index (κ3) is 4.54. The van der Waals surface area contributed by atoms with E-state index in [0.29, 0.717) is 29.8 Å². The quantitative estimate of drug-likeness (QED) is 0.345. The molecule has 1 aliphatic carbocycles. The van der Waals surface area contributed by atoms with E-state index in [9.17, 15) is 18.0 Å². The molecule has 3 heterocycles. The zero-order chi connectivity index (χ0) is 26.5. The molecule has 0 bridgehead atoms. The topological polar surface area (TPSA) is 111 Å². The number of hydrogen-bond donors (Lipinski definition) is 2. The van der Waals surface area contributed by atoms with Crippen LogP contribution >= 0.6 is 0 Å². The lowest BCUT2D eigenvalue weighted by molar-refractivity contribution is -0.166. The van der Waals surface area contributed by atoms with Crippen molar-refractivity contribution in [3.8, 4) is 17.1 Å². The Labute approximate surface area is 210 Å². The summed E-state index contributed by atoms with van der Waals surface area (Å²) in [4.78, 5) is 19.6. The van der Waals surface area contributed by atoms with Gasteiger partial charge in [0.2, 0.25) is 0 Å². The number of benzene rings is 1. The van der Waals surface area contributed by atoms with Gasteiger partial charge < -0.3 is 10.4 Å². The van der Waals surface area contributed by atoms with Crippen LogP contribution in [0.4, 0.5) is 24.8 Å². The Morgan fingerprint density at radius 3 is 2.49 bits per heavy atom. The molecular weight excluding hydrogens is 487 g/mol. The molecule has 0 spiro atoms. The summed E-state index contributed by atoms with van der Waals surface area (Å²) in [6, 6.07) is 7.65. The van der Waals surface area contributed by atoms with Gasteiger partial charge in [0, 0.05) is 23.7 Å². The Balaban J connectivity index is 1.51. The van der Waals surface area contributed by atoms with Crippen LogP contribution in [0.5, 0.6) is 0 Å². The molecule has 0 radical (unpaired) electrons. The Morgan fingerprint density at radius 2 is 1.84 bits per heavy atom. The van der Waals surface area contributed by atoms with Crippen molar-refractivity contribution in [1.82, 2.24) is 29.5 Å². The predicted molar refractivity (Wildman–Crippen MR) is 129 cm³/mol. The molecule has 0 aliphatic heterocycles. The Kier molecular flexibility index (Phi) is 5.97. The van der Waals surface area contributed by atoms with Crippen molar-refractivity contribution in [3.05, 3.63) is 65.0 Å². The van der Waals surface area contributed by atoms with Gasteiger partial charge in [-0.05, 0) is 63.8 Å². The molecule has 4 aromatic rings. The molecule has 0 saturated heterocycles. The number of nitrogens with zero attached hydrogens (tertiary/aromatic N) is 6. The van der Waals surface area contributed by atoms with Crippen molar-refractivity contribution >= 4 is 17.6 Å². The van der Waals surface area contributed by atoms with Crippen molar-refractivity contribution in [2.24, 2.45) is 5.92 Å². The van der Waals surface area contributed by atoms with Gasteiger partial charge in [-0.1, -0.05) is 0 Å². The average molecular weight is 512 g/mol. The number of hydrogen-bond acceptors (Lipinski definition) is 6. The Hall–Kier alpha value is -4.22. The molecule has 9 nitrogen and oxygen atoms in total. The van der Waals surface area contributed by atoms with E-state index >= 15 is 0 Å². The second-order valence-corrected chi connectivity index (χ2v) is 9.18. The number of halogens is 3. The van der Waals surface area contributed by atoms with E-state index in [2.05, 4.69) is 20.4 Å². The van der Waals surface area contributed by atoms with Crippen LogP contribution < -0.4 is 5.32 Å². The highest BCUT2D eigenvalue weighted by Crippen LogP contribution is 2.36. The van der Waals surface area contributed by atoms with E-state index in [0.717, 1.165) is 24.0 Å². The molecule has 1 aliphatic rings. The fraction of sp³-hybridized carbons (Fsp3) is 0.320. The number of nitrogens with one attached hydrogen (secondary N) is 1. The largest absolute Gasteiger partial charge is 0.477 e. The number of carboxylic acids is 1. The monoisotopic (exact) mass is 511 g/mol. The third-order valence-corrected chi connectivity index (χ3v) is 6.42. The van der Waals surface area contributed by atoms with Gasteiger partial charge in [-0.25, -0.2) is 28.5 Å². The van der Waals surface area contributed by atoms with Crippen molar-refractivity contribution in [3.63, 3.8) is 0 Å². The number of carboxylic acid groups (broad SMARTS) is 1. The maximum atomic E-state index is 14.3. The van der Waals surface area contributed by atoms with E-state index in [1.165, 1.54) is 43.1 Å². The van der Waals surface area contributed by atoms with Crippen LogP contribution in [0.3, 0.4) is 0 Å². The normalized spacial score (nSPS) is 13.7. The van der Waals surface area contributed by atoms with Crippen LogP contribution in [0.15, 0.2) is 36.7 Å². The molecule has 2 N–H and O–H groups in total. The molecule has 1 saturated carbocycles. The van der Waals surface area contributed by atoms with Crippen molar-refractivity contribution in [1.29, 1.82) is 0 Å². The summed E-state index contributed by atoms with van der Waals surface area (Å²) < 4.78 is 45.2. The van der Waals surface area contributed by atoms with Crippen molar-refractivity contribution < 1.29 is 23.1 Å². The van der Waals surface area contributed by atoms with Crippen LogP contribution in [0.1, 0.15) is 35.4 Å². The number of rotatable bonds is 8. The number of alkyl halides is 2. The number of aliphatic carboxylic acids is 1.